The predicted molar refractivity (Wildman–Crippen MR) is 146 cm³/mol. The second kappa shape index (κ2) is 13.8. The summed E-state index contributed by atoms with van der Waals surface area (Å²) >= 11 is 0. The highest BCUT2D eigenvalue weighted by Gasteiger charge is 2.23. The monoisotopic (exact) mass is 527 g/mol. The minimum absolute atomic E-state index is 0.0665. The van der Waals surface area contributed by atoms with Crippen LogP contribution in [0.5, 0.6) is 11.5 Å². The molecule has 0 fully saturated rings. The summed E-state index contributed by atoms with van der Waals surface area (Å²) in [7, 11) is 1.27. The molecular formula is C32H30FNO5. The van der Waals surface area contributed by atoms with Crippen molar-refractivity contribution in [2.45, 2.75) is 32.1 Å². The molecule has 200 valence electrons. The lowest BCUT2D eigenvalue weighted by Crippen LogP contribution is -2.43. The topological polar surface area (TPSA) is 73.9 Å². The first-order valence-electron chi connectivity index (χ1n) is 12.6. The number of methoxy groups -OCH3 is 1. The van der Waals surface area contributed by atoms with Crippen molar-refractivity contribution in [3.05, 3.63) is 131 Å². The first-order valence-corrected chi connectivity index (χ1v) is 12.6. The van der Waals surface area contributed by atoms with E-state index in [9.17, 15) is 14.0 Å². The van der Waals surface area contributed by atoms with Crippen molar-refractivity contribution in [3.8, 4) is 11.5 Å². The molecule has 0 aliphatic heterocycles. The number of hydrogen-bond acceptors (Lipinski definition) is 5. The van der Waals surface area contributed by atoms with E-state index < -0.39 is 23.7 Å². The Kier molecular flexibility index (Phi) is 9.67. The molecule has 1 N–H and O–H groups in total. The lowest BCUT2D eigenvalue weighted by Gasteiger charge is -2.19. The van der Waals surface area contributed by atoms with Gasteiger partial charge in [0.1, 0.15) is 25.1 Å². The molecule has 0 saturated heterocycles. The zero-order valence-corrected chi connectivity index (χ0v) is 21.6. The lowest BCUT2D eigenvalue weighted by molar-refractivity contribution is -0.145. The standard InChI is InChI=1S/C32H30FNO5/c1-37-32(36)28(34-31(35)20-25-13-8-14-27(33)17-25)18-26-15-16-29(38-21-23-9-4-2-5-10-23)30(19-26)39-22-24-11-6-3-7-12-24/h2-17,19,28H,18,20-22H2,1H3,(H,34,35)/t28-/m1/s1. The van der Waals surface area contributed by atoms with Crippen molar-refractivity contribution in [2.75, 3.05) is 7.11 Å². The highest BCUT2D eigenvalue weighted by Crippen LogP contribution is 2.30. The van der Waals surface area contributed by atoms with Crippen LogP contribution in [0.2, 0.25) is 0 Å². The Labute approximate surface area is 227 Å². The van der Waals surface area contributed by atoms with Crippen LogP contribution in [0.3, 0.4) is 0 Å². The summed E-state index contributed by atoms with van der Waals surface area (Å²) in [5, 5.41) is 2.71. The Hall–Kier alpha value is -4.65. The lowest BCUT2D eigenvalue weighted by atomic mass is 10.0. The van der Waals surface area contributed by atoms with E-state index in [0.29, 0.717) is 30.3 Å². The molecule has 0 aliphatic carbocycles. The van der Waals surface area contributed by atoms with E-state index in [1.54, 1.807) is 18.2 Å². The molecule has 4 aromatic rings. The van der Waals surface area contributed by atoms with Crippen molar-refractivity contribution in [1.29, 1.82) is 0 Å². The van der Waals surface area contributed by atoms with E-state index in [0.717, 1.165) is 16.7 Å². The van der Waals surface area contributed by atoms with Crippen molar-refractivity contribution in [2.24, 2.45) is 0 Å². The number of hydrogen-bond donors (Lipinski definition) is 1. The van der Waals surface area contributed by atoms with Gasteiger partial charge < -0.3 is 19.5 Å². The van der Waals surface area contributed by atoms with Gasteiger partial charge in [0, 0.05) is 6.42 Å². The van der Waals surface area contributed by atoms with Crippen molar-refractivity contribution in [1.82, 2.24) is 5.32 Å². The summed E-state index contributed by atoms with van der Waals surface area (Å²) in [6, 6.07) is 29.8. The van der Waals surface area contributed by atoms with Crippen LogP contribution in [0.25, 0.3) is 0 Å². The second-order valence-electron chi connectivity index (χ2n) is 8.98. The maximum Gasteiger partial charge on any atom is 0.328 e. The van der Waals surface area contributed by atoms with Crippen molar-refractivity contribution < 1.29 is 28.2 Å². The molecule has 4 aromatic carbocycles. The van der Waals surface area contributed by atoms with E-state index in [1.165, 1.54) is 25.3 Å². The van der Waals surface area contributed by atoms with Gasteiger partial charge in [0.25, 0.3) is 0 Å². The zero-order valence-electron chi connectivity index (χ0n) is 21.6. The van der Waals surface area contributed by atoms with Crippen molar-refractivity contribution in [3.63, 3.8) is 0 Å². The third-order valence-corrected chi connectivity index (χ3v) is 6.00. The highest BCUT2D eigenvalue weighted by atomic mass is 19.1. The number of rotatable bonds is 12. The Bertz CT molecular complexity index is 1380. The highest BCUT2D eigenvalue weighted by molar-refractivity contribution is 5.85. The van der Waals surface area contributed by atoms with E-state index >= 15 is 0 Å². The number of benzene rings is 4. The first kappa shape index (κ1) is 27.4. The van der Waals surface area contributed by atoms with Gasteiger partial charge in [0.15, 0.2) is 11.5 Å². The molecule has 1 atom stereocenters. The minimum atomic E-state index is -0.936. The van der Waals surface area contributed by atoms with Gasteiger partial charge in [-0.2, -0.15) is 0 Å². The summed E-state index contributed by atoms with van der Waals surface area (Å²) in [5.41, 5.74) is 3.26. The molecular weight excluding hydrogens is 497 g/mol. The summed E-state index contributed by atoms with van der Waals surface area (Å²) in [4.78, 5) is 25.2. The third kappa shape index (κ3) is 8.43. The molecule has 0 heterocycles. The normalized spacial score (nSPS) is 11.3. The Morgan fingerprint density at radius 1 is 0.718 bits per heavy atom. The molecule has 0 unspecified atom stereocenters. The largest absolute Gasteiger partial charge is 0.485 e. The van der Waals surface area contributed by atoms with Crippen LogP contribution in [0.15, 0.2) is 103 Å². The summed E-state index contributed by atoms with van der Waals surface area (Å²) in [6.07, 6.45) is 0.102. The molecule has 7 heteroatoms. The van der Waals surface area contributed by atoms with E-state index in [1.807, 2.05) is 66.7 Å². The number of esters is 1. The van der Waals surface area contributed by atoms with Gasteiger partial charge in [-0.15, -0.1) is 0 Å². The number of nitrogens with one attached hydrogen (secondary N) is 1. The Morgan fingerprint density at radius 2 is 1.33 bits per heavy atom. The molecule has 0 aliphatic rings. The number of halogens is 1. The smallest absolute Gasteiger partial charge is 0.328 e. The summed E-state index contributed by atoms with van der Waals surface area (Å²) in [6.45, 7) is 0.694. The van der Waals surface area contributed by atoms with Gasteiger partial charge in [-0.25, -0.2) is 9.18 Å². The fourth-order valence-corrected chi connectivity index (χ4v) is 4.03. The second-order valence-corrected chi connectivity index (χ2v) is 8.98. The molecule has 0 radical (unpaired) electrons. The zero-order chi connectivity index (χ0) is 27.5. The van der Waals surface area contributed by atoms with Gasteiger partial charge in [0.05, 0.1) is 13.5 Å². The van der Waals surface area contributed by atoms with E-state index in [4.69, 9.17) is 14.2 Å². The Balaban J connectivity index is 1.50. The van der Waals surface area contributed by atoms with Gasteiger partial charge in [-0.05, 0) is 46.5 Å². The number of amides is 1. The van der Waals surface area contributed by atoms with Gasteiger partial charge in [-0.1, -0.05) is 78.9 Å². The van der Waals surface area contributed by atoms with Gasteiger partial charge in [0.2, 0.25) is 5.91 Å². The van der Waals surface area contributed by atoms with Gasteiger partial charge in [-0.3, -0.25) is 4.79 Å². The van der Waals surface area contributed by atoms with Crippen LogP contribution in [0.1, 0.15) is 22.3 Å². The number of carbonyl (C=O) groups is 2. The van der Waals surface area contributed by atoms with Crippen molar-refractivity contribution >= 4 is 11.9 Å². The Morgan fingerprint density at radius 3 is 1.95 bits per heavy atom. The first-order chi connectivity index (χ1) is 19.0. The maximum atomic E-state index is 13.5. The average Bonchev–Trinajstić information content (AvgIpc) is 2.96. The summed E-state index contributed by atoms with van der Waals surface area (Å²) in [5.74, 6) is -0.356. The number of ether oxygens (including phenoxy) is 3. The fraction of sp³-hybridized carbons (Fsp3) is 0.188. The van der Waals surface area contributed by atoms with Gasteiger partial charge >= 0.3 is 5.97 Å². The van der Waals surface area contributed by atoms with Crippen LogP contribution in [-0.2, 0) is 40.4 Å². The van der Waals surface area contributed by atoms with Crippen LogP contribution in [0.4, 0.5) is 4.39 Å². The van der Waals surface area contributed by atoms with Crippen LogP contribution < -0.4 is 14.8 Å². The van der Waals surface area contributed by atoms with E-state index in [-0.39, 0.29) is 12.8 Å². The maximum absolute atomic E-state index is 13.5. The quantitative estimate of drug-likeness (QED) is 0.249. The molecule has 6 nitrogen and oxygen atoms in total. The molecule has 0 aromatic heterocycles. The van der Waals surface area contributed by atoms with Crippen LogP contribution in [-0.4, -0.2) is 25.0 Å². The molecule has 1 amide bonds. The number of carbonyl (C=O) groups excluding carboxylic acids is 2. The fourth-order valence-electron chi connectivity index (χ4n) is 4.03. The molecule has 39 heavy (non-hydrogen) atoms. The SMILES string of the molecule is COC(=O)[C@@H](Cc1ccc(OCc2ccccc2)c(OCc2ccccc2)c1)NC(=O)Cc1cccc(F)c1. The molecule has 0 bridgehead atoms. The molecule has 0 spiro atoms. The predicted octanol–water partition coefficient (Wildman–Crippen LogP) is 5.43. The molecule has 4 rings (SSSR count). The third-order valence-electron chi connectivity index (χ3n) is 6.00. The average molecular weight is 528 g/mol. The molecule has 0 saturated carbocycles. The van der Waals surface area contributed by atoms with Crippen LogP contribution in [0, 0.1) is 5.82 Å². The summed E-state index contributed by atoms with van der Waals surface area (Å²) < 4.78 is 30.6. The van der Waals surface area contributed by atoms with Crippen LogP contribution >= 0.6 is 0 Å². The van der Waals surface area contributed by atoms with E-state index in [2.05, 4.69) is 5.32 Å². The minimum Gasteiger partial charge on any atom is -0.485 e.